The summed E-state index contributed by atoms with van der Waals surface area (Å²) in [5.41, 5.74) is 38.1. The summed E-state index contributed by atoms with van der Waals surface area (Å²) in [6, 6.07) is 174. The standard InChI is InChI=1S/C64H46N2.C55H38N2/c1-63(2)56-41-47(43-18-7-3-8-19-43)33-38-60(56)65(61-39-34-48(42-57(61)63)44-20-9-4-10-21-44)51-35-30-45(31-36-51)46-32-37-58-53(40-46)52-26-17-28-55-62(52)66(58)59-29-16-15-27-54(59)64(55,49-22-11-5-12-23-49)50-24-13-6-14-25-50;1-5-16-39(17-6-1)40-28-33-46(34-29-40)56(45-22-11-4-12-23-45)47-35-30-41(31-36-47)42-32-37-52-49(38-42)48-24-15-26-51-54(48)57(52)53-27-14-13-25-50(53)55(51,43-18-7-2-8-19-43)44-20-9-3-10-21-44/h3-42H,1-2H3;1-38H. The molecular formula is C119H84N4. The third kappa shape index (κ3) is 11.6. The summed E-state index contributed by atoms with van der Waals surface area (Å²) >= 11 is 0. The first kappa shape index (κ1) is 72.6. The lowest BCUT2D eigenvalue weighted by molar-refractivity contribution is 0.632. The van der Waals surface area contributed by atoms with E-state index in [1.165, 1.54) is 178 Å². The van der Waals surface area contributed by atoms with Crippen molar-refractivity contribution in [3.8, 4) is 67.0 Å². The summed E-state index contributed by atoms with van der Waals surface area (Å²) in [6.07, 6.45) is 0. The Kier molecular flexibility index (Phi) is 17.4. The summed E-state index contributed by atoms with van der Waals surface area (Å²) in [5, 5.41) is 5.04. The molecule has 0 aliphatic carbocycles. The van der Waals surface area contributed by atoms with Crippen LogP contribution in [0.15, 0.2) is 473 Å². The number of anilines is 6. The molecular weight excluding hydrogens is 1490 g/mol. The van der Waals surface area contributed by atoms with Gasteiger partial charge in [-0.3, -0.25) is 0 Å². The predicted octanol–water partition coefficient (Wildman–Crippen LogP) is 30.9. The van der Waals surface area contributed by atoms with Crippen molar-refractivity contribution in [3.63, 3.8) is 0 Å². The first-order valence-electron chi connectivity index (χ1n) is 42.8. The zero-order valence-corrected chi connectivity index (χ0v) is 68.3. The molecule has 3 aliphatic heterocycles. The molecule has 123 heavy (non-hydrogen) atoms. The zero-order chi connectivity index (χ0) is 81.7. The fourth-order valence-electron chi connectivity index (χ4n) is 20.9. The number of para-hydroxylation sites is 5. The second-order valence-electron chi connectivity index (χ2n) is 33.4. The largest absolute Gasteiger partial charge is 0.311 e. The van der Waals surface area contributed by atoms with Crippen LogP contribution in [0.2, 0.25) is 0 Å². The van der Waals surface area contributed by atoms with Crippen molar-refractivity contribution in [1.82, 2.24) is 9.13 Å². The van der Waals surface area contributed by atoms with Gasteiger partial charge in [-0.1, -0.05) is 378 Å². The molecule has 0 unspecified atom stereocenters. The molecule has 4 nitrogen and oxygen atoms in total. The highest BCUT2D eigenvalue weighted by Crippen LogP contribution is 2.59. The minimum absolute atomic E-state index is 0.241. The van der Waals surface area contributed by atoms with Crippen LogP contribution in [0.3, 0.4) is 0 Å². The molecule has 580 valence electrons. The third-order valence-electron chi connectivity index (χ3n) is 26.5. The minimum Gasteiger partial charge on any atom is -0.311 e. The second-order valence-corrected chi connectivity index (χ2v) is 33.4. The first-order valence-corrected chi connectivity index (χ1v) is 42.8. The summed E-state index contributed by atoms with van der Waals surface area (Å²) < 4.78 is 5.03. The third-order valence-corrected chi connectivity index (χ3v) is 26.5. The van der Waals surface area contributed by atoms with Crippen molar-refractivity contribution in [2.24, 2.45) is 0 Å². The molecule has 19 aromatic carbocycles. The lowest BCUT2D eigenvalue weighted by atomic mass is 9.63. The number of fused-ring (bicyclic) bond motifs is 12. The molecule has 0 saturated carbocycles. The maximum atomic E-state index is 2.52. The SMILES string of the molecule is CC1(C)c2cc(-c3ccccc3)ccc2N(c2ccc(-c3ccc4c(c3)c3cccc5c3n4-c3ccccc3C5(c3ccccc3)c3ccccc3)cc2)c2ccc(-c3ccccc3)cc21.c1ccc(-c2ccc(N(c3ccccc3)c3ccc(-c4ccc5c(c4)c4cccc6c4n5-c4ccccc4C6(c4ccccc4)c4ccccc4)cc3)cc2)cc1. The van der Waals surface area contributed by atoms with E-state index in [1.807, 2.05) is 0 Å². The van der Waals surface area contributed by atoms with Gasteiger partial charge in [-0.2, -0.15) is 0 Å². The Labute approximate surface area is 717 Å². The molecule has 3 aliphatic rings. The van der Waals surface area contributed by atoms with Crippen LogP contribution in [0.4, 0.5) is 34.1 Å². The van der Waals surface area contributed by atoms with Crippen LogP contribution in [0.1, 0.15) is 69.5 Å². The Balaban J connectivity index is 0.000000144. The van der Waals surface area contributed by atoms with E-state index in [2.05, 4.69) is 506 Å². The van der Waals surface area contributed by atoms with Gasteiger partial charge in [0.2, 0.25) is 0 Å². The lowest BCUT2D eigenvalue weighted by Gasteiger charge is -2.42. The summed E-state index contributed by atoms with van der Waals surface area (Å²) in [5.74, 6) is 0. The molecule has 2 aromatic heterocycles. The van der Waals surface area contributed by atoms with Crippen molar-refractivity contribution in [3.05, 3.63) is 529 Å². The highest BCUT2D eigenvalue weighted by Gasteiger charge is 2.47. The van der Waals surface area contributed by atoms with E-state index in [1.54, 1.807) is 0 Å². The molecule has 0 atom stereocenters. The highest BCUT2D eigenvalue weighted by molar-refractivity contribution is 6.15. The van der Waals surface area contributed by atoms with E-state index in [-0.39, 0.29) is 5.41 Å². The molecule has 5 heterocycles. The zero-order valence-electron chi connectivity index (χ0n) is 68.3. The van der Waals surface area contributed by atoms with E-state index in [9.17, 15) is 0 Å². The van der Waals surface area contributed by atoms with Crippen molar-refractivity contribution in [1.29, 1.82) is 0 Å². The smallest absolute Gasteiger partial charge is 0.0742 e. The maximum absolute atomic E-state index is 2.52. The molecule has 0 amide bonds. The van der Waals surface area contributed by atoms with Crippen LogP contribution in [0.25, 0.3) is 111 Å². The van der Waals surface area contributed by atoms with Crippen molar-refractivity contribution in [2.75, 3.05) is 9.80 Å². The number of nitrogens with zero attached hydrogens (tertiary/aromatic N) is 4. The van der Waals surface area contributed by atoms with Gasteiger partial charge in [0.15, 0.2) is 0 Å². The van der Waals surface area contributed by atoms with Crippen molar-refractivity contribution < 1.29 is 0 Å². The number of hydrogen-bond donors (Lipinski definition) is 0. The molecule has 0 radical (unpaired) electrons. The Morgan fingerprint density at radius 1 is 0.195 bits per heavy atom. The van der Waals surface area contributed by atoms with Gasteiger partial charge in [0.1, 0.15) is 0 Å². The molecule has 0 fully saturated rings. The number of benzene rings is 19. The van der Waals surface area contributed by atoms with Gasteiger partial charge >= 0.3 is 0 Å². The van der Waals surface area contributed by atoms with E-state index >= 15 is 0 Å². The topological polar surface area (TPSA) is 16.3 Å². The molecule has 21 aromatic rings. The molecule has 24 rings (SSSR count). The van der Waals surface area contributed by atoms with E-state index in [0.29, 0.717) is 0 Å². The fraction of sp³-hybridized carbons (Fsp3) is 0.0420. The van der Waals surface area contributed by atoms with Gasteiger partial charge in [-0.25, -0.2) is 0 Å². The van der Waals surface area contributed by atoms with Crippen LogP contribution < -0.4 is 9.80 Å². The van der Waals surface area contributed by atoms with Crippen LogP contribution >= 0.6 is 0 Å². The van der Waals surface area contributed by atoms with Crippen LogP contribution in [0, 0.1) is 0 Å². The van der Waals surface area contributed by atoms with Gasteiger partial charge in [0.05, 0.1) is 55.6 Å². The normalized spacial score (nSPS) is 13.5. The summed E-state index contributed by atoms with van der Waals surface area (Å²) in [6.45, 7) is 4.77. The number of rotatable bonds is 13. The van der Waals surface area contributed by atoms with Gasteiger partial charge in [0.25, 0.3) is 0 Å². The Hall–Kier alpha value is -15.6. The summed E-state index contributed by atoms with van der Waals surface area (Å²) in [4.78, 5) is 4.80. The second kappa shape index (κ2) is 29.4. The lowest BCUT2D eigenvalue weighted by Crippen LogP contribution is -2.35. The van der Waals surface area contributed by atoms with Crippen LogP contribution in [0.5, 0.6) is 0 Å². The number of hydrogen-bond acceptors (Lipinski definition) is 2. The fourth-order valence-corrected chi connectivity index (χ4v) is 20.9. The average Bonchev–Trinajstić information content (AvgIpc) is 0.867. The quantitative estimate of drug-likeness (QED) is 0.114. The van der Waals surface area contributed by atoms with Crippen LogP contribution in [-0.2, 0) is 16.2 Å². The van der Waals surface area contributed by atoms with E-state index in [4.69, 9.17) is 0 Å². The van der Waals surface area contributed by atoms with Crippen LogP contribution in [-0.4, -0.2) is 9.13 Å². The van der Waals surface area contributed by atoms with E-state index in [0.717, 1.165) is 22.7 Å². The molecule has 0 bridgehead atoms. The average molecular weight is 1570 g/mol. The van der Waals surface area contributed by atoms with Gasteiger partial charge in [0, 0.05) is 49.7 Å². The summed E-state index contributed by atoms with van der Waals surface area (Å²) in [7, 11) is 0. The molecule has 0 spiro atoms. The molecule has 0 saturated heterocycles. The Bertz CT molecular complexity index is 7400. The predicted molar refractivity (Wildman–Crippen MR) is 514 cm³/mol. The Morgan fingerprint density at radius 2 is 0.480 bits per heavy atom. The van der Waals surface area contributed by atoms with Crippen molar-refractivity contribution >= 4 is 77.7 Å². The Morgan fingerprint density at radius 3 is 0.870 bits per heavy atom. The highest BCUT2D eigenvalue weighted by atomic mass is 15.2. The molecule has 0 N–H and O–H groups in total. The first-order chi connectivity index (χ1) is 60.8. The van der Waals surface area contributed by atoms with Gasteiger partial charge in [-0.15, -0.1) is 0 Å². The monoisotopic (exact) mass is 1570 g/mol. The molecule has 4 heteroatoms. The maximum Gasteiger partial charge on any atom is 0.0742 e. The van der Waals surface area contributed by atoms with Gasteiger partial charge < -0.3 is 18.9 Å². The van der Waals surface area contributed by atoms with Crippen molar-refractivity contribution in [2.45, 2.75) is 30.1 Å². The van der Waals surface area contributed by atoms with E-state index < -0.39 is 10.8 Å². The minimum atomic E-state index is -0.491. The van der Waals surface area contributed by atoms with Gasteiger partial charge in [-0.05, 0) is 220 Å². The number of aromatic nitrogens is 2.